The Hall–Kier alpha value is -1.89. The van der Waals surface area contributed by atoms with Gasteiger partial charge in [-0.15, -0.1) is 0 Å². The van der Waals surface area contributed by atoms with Crippen molar-refractivity contribution in [3.63, 3.8) is 0 Å². The van der Waals surface area contributed by atoms with Gasteiger partial charge in [-0.1, -0.05) is 17.3 Å². The summed E-state index contributed by atoms with van der Waals surface area (Å²) in [5.41, 5.74) is -0.434. The molecule has 0 aliphatic rings. The van der Waals surface area contributed by atoms with Crippen molar-refractivity contribution in [2.75, 3.05) is 7.05 Å². The molecule has 1 N–H and O–H groups in total. The lowest BCUT2D eigenvalue weighted by molar-refractivity contribution is -0.137. The fourth-order valence-electron chi connectivity index (χ4n) is 1.79. The first kappa shape index (κ1) is 15.5. The minimum Gasteiger partial charge on any atom is -0.339 e. The van der Waals surface area contributed by atoms with E-state index in [0.717, 1.165) is 18.6 Å². The maximum atomic E-state index is 12.7. The Labute approximate surface area is 120 Å². The summed E-state index contributed by atoms with van der Waals surface area (Å²) in [6.45, 7) is 2.02. The Kier molecular flexibility index (Phi) is 4.62. The smallest absolute Gasteiger partial charge is 0.339 e. The molecule has 114 valence electrons. The Bertz CT molecular complexity index is 595. The molecule has 0 aliphatic carbocycles. The van der Waals surface area contributed by atoms with Gasteiger partial charge in [0.1, 0.15) is 0 Å². The van der Waals surface area contributed by atoms with Crippen LogP contribution in [0.25, 0.3) is 11.4 Å². The lowest BCUT2D eigenvalue weighted by Gasteiger charge is -2.07. The van der Waals surface area contributed by atoms with Crippen LogP contribution in [-0.2, 0) is 12.6 Å². The molecule has 4 nitrogen and oxygen atoms in total. The zero-order chi connectivity index (χ0) is 15.5. The first-order valence-electron chi connectivity index (χ1n) is 6.57. The van der Waals surface area contributed by atoms with Crippen molar-refractivity contribution in [1.29, 1.82) is 0 Å². The van der Waals surface area contributed by atoms with Crippen molar-refractivity contribution in [2.45, 2.75) is 32.0 Å². The zero-order valence-corrected chi connectivity index (χ0v) is 11.7. The molecule has 1 unspecified atom stereocenters. The van der Waals surface area contributed by atoms with Crippen LogP contribution in [0.5, 0.6) is 0 Å². The highest BCUT2D eigenvalue weighted by molar-refractivity contribution is 5.55. The predicted octanol–water partition coefficient (Wildman–Crippen LogP) is 3.30. The van der Waals surface area contributed by atoms with E-state index in [1.165, 1.54) is 12.1 Å². The van der Waals surface area contributed by atoms with Crippen molar-refractivity contribution in [2.24, 2.45) is 0 Å². The Morgan fingerprint density at radius 1 is 1.33 bits per heavy atom. The number of benzene rings is 1. The van der Waals surface area contributed by atoms with Crippen LogP contribution in [0.15, 0.2) is 28.8 Å². The van der Waals surface area contributed by atoms with Gasteiger partial charge in [-0.05, 0) is 32.5 Å². The van der Waals surface area contributed by atoms with Crippen molar-refractivity contribution >= 4 is 0 Å². The summed E-state index contributed by atoms with van der Waals surface area (Å²) in [7, 11) is 1.85. The largest absolute Gasteiger partial charge is 0.416 e. The molecule has 2 rings (SSSR count). The van der Waals surface area contributed by atoms with E-state index in [4.69, 9.17) is 4.52 Å². The SMILES string of the molecule is CNC(C)CCc1nc(-c2cccc(C(F)(F)F)c2)no1. The molecule has 0 saturated heterocycles. The molecular weight excluding hydrogens is 283 g/mol. The molecule has 1 atom stereocenters. The van der Waals surface area contributed by atoms with Gasteiger partial charge in [0.05, 0.1) is 5.56 Å². The van der Waals surface area contributed by atoms with Gasteiger partial charge in [0.2, 0.25) is 11.7 Å². The van der Waals surface area contributed by atoms with Crippen LogP contribution in [0.3, 0.4) is 0 Å². The molecule has 21 heavy (non-hydrogen) atoms. The third-order valence-electron chi connectivity index (χ3n) is 3.20. The highest BCUT2D eigenvalue weighted by Gasteiger charge is 2.30. The second-order valence-corrected chi connectivity index (χ2v) is 4.82. The Balaban J connectivity index is 2.14. The van der Waals surface area contributed by atoms with Gasteiger partial charge in [0, 0.05) is 18.0 Å². The molecule has 1 aromatic heterocycles. The lowest BCUT2D eigenvalue weighted by Crippen LogP contribution is -2.21. The van der Waals surface area contributed by atoms with E-state index < -0.39 is 11.7 Å². The predicted molar refractivity (Wildman–Crippen MR) is 71.6 cm³/mol. The van der Waals surface area contributed by atoms with E-state index in [1.807, 2.05) is 14.0 Å². The minimum absolute atomic E-state index is 0.174. The second-order valence-electron chi connectivity index (χ2n) is 4.82. The number of aryl methyl sites for hydroxylation is 1. The van der Waals surface area contributed by atoms with E-state index in [1.54, 1.807) is 0 Å². The number of nitrogens with one attached hydrogen (secondary N) is 1. The Morgan fingerprint density at radius 3 is 2.76 bits per heavy atom. The Morgan fingerprint density at radius 2 is 2.10 bits per heavy atom. The molecule has 0 fully saturated rings. The van der Waals surface area contributed by atoms with Crippen LogP contribution in [0.1, 0.15) is 24.8 Å². The number of halogens is 3. The number of hydrogen-bond acceptors (Lipinski definition) is 4. The first-order chi connectivity index (χ1) is 9.90. The third kappa shape index (κ3) is 4.04. The third-order valence-corrected chi connectivity index (χ3v) is 3.20. The number of rotatable bonds is 5. The molecular formula is C14H16F3N3O. The monoisotopic (exact) mass is 299 g/mol. The molecule has 1 heterocycles. The summed E-state index contributed by atoms with van der Waals surface area (Å²) in [5, 5.41) is 6.82. The molecule has 0 amide bonds. The van der Waals surface area contributed by atoms with E-state index in [0.29, 0.717) is 23.9 Å². The standard InChI is InChI=1S/C14H16F3N3O/c1-9(18-2)6-7-12-19-13(20-21-12)10-4-3-5-11(8-10)14(15,16)17/h3-5,8-9,18H,6-7H2,1-2H3. The van der Waals surface area contributed by atoms with E-state index >= 15 is 0 Å². The quantitative estimate of drug-likeness (QED) is 0.920. The zero-order valence-electron chi connectivity index (χ0n) is 11.7. The molecule has 0 bridgehead atoms. The fraction of sp³-hybridized carbons (Fsp3) is 0.429. The normalized spacial score (nSPS) is 13.4. The summed E-state index contributed by atoms with van der Waals surface area (Å²) in [6, 6.07) is 5.19. The maximum Gasteiger partial charge on any atom is 0.416 e. The molecule has 7 heteroatoms. The fourth-order valence-corrected chi connectivity index (χ4v) is 1.79. The summed E-state index contributed by atoms with van der Waals surface area (Å²) in [4.78, 5) is 4.14. The topological polar surface area (TPSA) is 51.0 Å². The highest BCUT2D eigenvalue weighted by Crippen LogP contribution is 2.31. The van der Waals surface area contributed by atoms with E-state index in [9.17, 15) is 13.2 Å². The summed E-state index contributed by atoms with van der Waals surface area (Å²) in [5.74, 6) is 0.595. The van der Waals surface area contributed by atoms with Crippen molar-refractivity contribution < 1.29 is 17.7 Å². The molecule has 0 radical (unpaired) electrons. The molecule has 0 spiro atoms. The molecule has 0 aliphatic heterocycles. The number of nitrogens with zero attached hydrogens (tertiary/aromatic N) is 2. The second kappa shape index (κ2) is 6.26. The summed E-state index contributed by atoms with van der Waals surface area (Å²) < 4.78 is 43.1. The average Bonchev–Trinajstić information content (AvgIpc) is 2.93. The van der Waals surface area contributed by atoms with Gasteiger partial charge in [0.15, 0.2) is 0 Å². The maximum absolute atomic E-state index is 12.7. The van der Waals surface area contributed by atoms with Gasteiger partial charge in [0.25, 0.3) is 0 Å². The van der Waals surface area contributed by atoms with Gasteiger partial charge >= 0.3 is 6.18 Å². The van der Waals surface area contributed by atoms with E-state index in [-0.39, 0.29) is 5.82 Å². The minimum atomic E-state index is -4.38. The average molecular weight is 299 g/mol. The lowest BCUT2D eigenvalue weighted by atomic mass is 10.1. The van der Waals surface area contributed by atoms with Crippen LogP contribution in [-0.4, -0.2) is 23.2 Å². The molecule has 2 aromatic rings. The van der Waals surface area contributed by atoms with Gasteiger partial charge < -0.3 is 9.84 Å². The van der Waals surface area contributed by atoms with E-state index in [2.05, 4.69) is 15.5 Å². The number of hydrogen-bond donors (Lipinski definition) is 1. The van der Waals surface area contributed by atoms with Crippen LogP contribution in [0.4, 0.5) is 13.2 Å². The van der Waals surface area contributed by atoms with Crippen LogP contribution in [0.2, 0.25) is 0 Å². The van der Waals surface area contributed by atoms with Crippen LogP contribution < -0.4 is 5.32 Å². The van der Waals surface area contributed by atoms with Crippen molar-refractivity contribution in [1.82, 2.24) is 15.5 Å². The number of aromatic nitrogens is 2. The van der Waals surface area contributed by atoms with Crippen molar-refractivity contribution in [3.8, 4) is 11.4 Å². The van der Waals surface area contributed by atoms with Crippen molar-refractivity contribution in [3.05, 3.63) is 35.7 Å². The van der Waals surface area contributed by atoms with Crippen LogP contribution in [0, 0.1) is 0 Å². The summed E-state index contributed by atoms with van der Waals surface area (Å²) >= 11 is 0. The molecule has 0 saturated carbocycles. The number of alkyl halides is 3. The summed E-state index contributed by atoms with van der Waals surface area (Å²) in [6.07, 6.45) is -3.00. The highest BCUT2D eigenvalue weighted by atomic mass is 19.4. The van der Waals surface area contributed by atoms with Gasteiger partial charge in [-0.2, -0.15) is 18.2 Å². The molecule has 1 aromatic carbocycles. The van der Waals surface area contributed by atoms with Gasteiger partial charge in [-0.25, -0.2) is 0 Å². The van der Waals surface area contributed by atoms with Gasteiger partial charge in [-0.3, -0.25) is 0 Å². The first-order valence-corrected chi connectivity index (χ1v) is 6.57. The van der Waals surface area contributed by atoms with Crippen LogP contribution >= 0.6 is 0 Å².